The Hall–Kier alpha value is -2.37. The zero-order valence-electron chi connectivity index (χ0n) is 18.5. The topological polar surface area (TPSA) is 78.5 Å². The van der Waals surface area contributed by atoms with Gasteiger partial charge in [0, 0.05) is 35.8 Å². The number of anilines is 1. The number of carbonyl (C=O) groups excluding carboxylic acids is 3. The van der Waals surface area contributed by atoms with Crippen molar-refractivity contribution in [2.45, 2.75) is 71.8 Å². The fraction of sp³-hybridized carbons (Fsp3) is 0.625. The van der Waals surface area contributed by atoms with Crippen LogP contribution in [-0.4, -0.2) is 41.8 Å². The minimum atomic E-state index is -0.508. The van der Waals surface area contributed by atoms with E-state index in [1.165, 1.54) is 19.3 Å². The van der Waals surface area contributed by atoms with Gasteiger partial charge in [-0.25, -0.2) is 0 Å². The number of hydrogen-bond acceptors (Lipinski definition) is 3. The van der Waals surface area contributed by atoms with E-state index in [1.807, 2.05) is 20.8 Å². The zero-order valence-corrected chi connectivity index (χ0v) is 18.5. The largest absolute Gasteiger partial charge is 0.353 e. The van der Waals surface area contributed by atoms with Crippen LogP contribution >= 0.6 is 0 Å². The van der Waals surface area contributed by atoms with Gasteiger partial charge in [-0.2, -0.15) is 0 Å². The van der Waals surface area contributed by atoms with Gasteiger partial charge in [-0.3, -0.25) is 14.4 Å². The number of carbonyl (C=O) groups is 3. The molecule has 1 aromatic rings. The van der Waals surface area contributed by atoms with Crippen LogP contribution in [0.2, 0.25) is 0 Å². The smallest absolute Gasteiger partial charge is 0.253 e. The van der Waals surface area contributed by atoms with Gasteiger partial charge in [0.05, 0.1) is 5.92 Å². The molecule has 0 radical (unpaired) electrons. The molecule has 3 rings (SSSR count). The van der Waals surface area contributed by atoms with Gasteiger partial charge in [-0.05, 0) is 43.9 Å². The Morgan fingerprint density at radius 3 is 2.43 bits per heavy atom. The number of nitrogens with one attached hydrogen (secondary N) is 2. The van der Waals surface area contributed by atoms with Crippen LogP contribution in [0.5, 0.6) is 0 Å². The first kappa shape index (κ1) is 22.3. The predicted octanol–water partition coefficient (Wildman–Crippen LogP) is 3.97. The van der Waals surface area contributed by atoms with Gasteiger partial charge in [0.25, 0.3) is 5.91 Å². The van der Waals surface area contributed by atoms with E-state index >= 15 is 0 Å². The molecule has 2 N–H and O–H groups in total. The number of hydrogen-bond donors (Lipinski definition) is 2. The molecule has 1 aromatic carbocycles. The lowest BCUT2D eigenvalue weighted by atomic mass is 9.92. The molecule has 30 heavy (non-hydrogen) atoms. The Morgan fingerprint density at radius 2 is 1.73 bits per heavy atom. The molecule has 2 aliphatic rings. The highest BCUT2D eigenvalue weighted by Gasteiger charge is 2.30. The molecule has 1 aliphatic heterocycles. The molecule has 1 unspecified atom stereocenters. The number of nitrogens with zero attached hydrogens (tertiary/aromatic N) is 1. The quantitative estimate of drug-likeness (QED) is 0.784. The van der Waals surface area contributed by atoms with Crippen molar-refractivity contribution in [1.82, 2.24) is 10.2 Å². The van der Waals surface area contributed by atoms with Crippen molar-refractivity contribution < 1.29 is 14.4 Å². The zero-order chi connectivity index (χ0) is 21.7. The van der Waals surface area contributed by atoms with Gasteiger partial charge >= 0.3 is 0 Å². The monoisotopic (exact) mass is 413 g/mol. The van der Waals surface area contributed by atoms with E-state index < -0.39 is 5.41 Å². The van der Waals surface area contributed by atoms with Crippen LogP contribution in [0.1, 0.15) is 76.1 Å². The number of benzene rings is 1. The van der Waals surface area contributed by atoms with Crippen molar-refractivity contribution in [1.29, 1.82) is 0 Å². The molecule has 6 nitrogen and oxygen atoms in total. The Balaban J connectivity index is 1.61. The molecular weight excluding hydrogens is 378 g/mol. The van der Waals surface area contributed by atoms with Crippen LogP contribution in [0.25, 0.3) is 0 Å². The summed E-state index contributed by atoms with van der Waals surface area (Å²) in [6.07, 6.45) is 7.40. The second-order valence-electron chi connectivity index (χ2n) is 9.72. The third-order valence-corrected chi connectivity index (χ3v) is 6.08. The van der Waals surface area contributed by atoms with E-state index in [0.29, 0.717) is 30.4 Å². The molecule has 0 spiro atoms. The molecule has 164 valence electrons. The molecule has 0 aromatic heterocycles. The lowest BCUT2D eigenvalue weighted by molar-refractivity contribution is -0.127. The highest BCUT2D eigenvalue weighted by atomic mass is 16.2. The molecule has 0 bridgehead atoms. The second kappa shape index (κ2) is 9.63. The van der Waals surface area contributed by atoms with Crippen LogP contribution in [0, 0.1) is 11.3 Å². The molecule has 6 heteroatoms. The van der Waals surface area contributed by atoms with E-state index in [1.54, 1.807) is 29.2 Å². The summed E-state index contributed by atoms with van der Waals surface area (Å²) in [7, 11) is 0. The number of likely N-dealkylation sites (tertiary alicyclic amines) is 1. The van der Waals surface area contributed by atoms with Crippen molar-refractivity contribution in [2.75, 3.05) is 18.4 Å². The lowest BCUT2D eigenvalue weighted by Gasteiger charge is -2.33. The fourth-order valence-electron chi connectivity index (χ4n) is 4.17. The minimum absolute atomic E-state index is 0.0861. The average Bonchev–Trinajstić information content (AvgIpc) is 2.73. The summed E-state index contributed by atoms with van der Waals surface area (Å²) >= 11 is 0. The van der Waals surface area contributed by atoms with Crippen LogP contribution in [-0.2, 0) is 9.59 Å². The average molecular weight is 414 g/mol. The van der Waals surface area contributed by atoms with Gasteiger partial charge in [0.1, 0.15) is 0 Å². The van der Waals surface area contributed by atoms with Crippen molar-refractivity contribution in [3.05, 3.63) is 29.8 Å². The summed E-state index contributed by atoms with van der Waals surface area (Å²) in [5.74, 6) is -0.236. The van der Waals surface area contributed by atoms with E-state index in [9.17, 15) is 14.4 Å². The summed E-state index contributed by atoms with van der Waals surface area (Å²) in [5, 5.41) is 6.09. The number of amides is 3. The van der Waals surface area contributed by atoms with Crippen molar-refractivity contribution >= 4 is 23.4 Å². The maximum absolute atomic E-state index is 13.1. The summed E-state index contributed by atoms with van der Waals surface area (Å²) in [4.78, 5) is 39.8. The minimum Gasteiger partial charge on any atom is -0.353 e. The Morgan fingerprint density at radius 1 is 1.00 bits per heavy atom. The molecule has 2 fully saturated rings. The Labute approximate surface area is 179 Å². The first-order valence-corrected chi connectivity index (χ1v) is 11.3. The normalized spacial score (nSPS) is 20.5. The summed E-state index contributed by atoms with van der Waals surface area (Å²) in [5.41, 5.74) is 0.644. The molecule has 1 saturated carbocycles. The van der Waals surface area contributed by atoms with Crippen LogP contribution in [0.15, 0.2) is 24.3 Å². The van der Waals surface area contributed by atoms with Gasteiger partial charge in [-0.15, -0.1) is 0 Å². The second-order valence-corrected chi connectivity index (χ2v) is 9.72. The highest BCUT2D eigenvalue weighted by Crippen LogP contribution is 2.23. The van der Waals surface area contributed by atoms with Gasteiger partial charge in [0.15, 0.2) is 0 Å². The number of piperidine rings is 1. The summed E-state index contributed by atoms with van der Waals surface area (Å²) < 4.78 is 0. The SMILES string of the molecule is CC(C)(C)C(=O)Nc1cccc(C(=O)N2CCCC(C(=O)NC3CCCCC3)C2)c1. The maximum Gasteiger partial charge on any atom is 0.253 e. The Kier molecular flexibility index (Phi) is 7.16. The molecular formula is C24H35N3O3. The standard InChI is InChI=1S/C24H35N3O3/c1-24(2,3)23(30)26-20-13-7-9-17(15-20)22(29)27-14-8-10-18(16-27)21(28)25-19-11-5-4-6-12-19/h7,9,13,15,18-19H,4-6,8,10-12,14,16H2,1-3H3,(H,25,28)(H,26,30). The van der Waals surface area contributed by atoms with E-state index in [2.05, 4.69) is 10.6 Å². The van der Waals surface area contributed by atoms with E-state index in [0.717, 1.165) is 25.7 Å². The van der Waals surface area contributed by atoms with Crippen molar-refractivity contribution in [3.8, 4) is 0 Å². The van der Waals surface area contributed by atoms with Crippen LogP contribution in [0.4, 0.5) is 5.69 Å². The van der Waals surface area contributed by atoms with Crippen molar-refractivity contribution in [2.24, 2.45) is 11.3 Å². The molecule has 3 amide bonds. The molecule has 1 aliphatic carbocycles. The molecule has 1 atom stereocenters. The van der Waals surface area contributed by atoms with Gasteiger partial charge in [-0.1, -0.05) is 46.1 Å². The van der Waals surface area contributed by atoms with E-state index in [-0.39, 0.29) is 23.6 Å². The lowest BCUT2D eigenvalue weighted by Crippen LogP contribution is -2.47. The Bertz CT molecular complexity index is 778. The van der Waals surface area contributed by atoms with Gasteiger partial charge < -0.3 is 15.5 Å². The summed E-state index contributed by atoms with van der Waals surface area (Å²) in [6, 6.07) is 7.35. The fourth-order valence-corrected chi connectivity index (χ4v) is 4.17. The van der Waals surface area contributed by atoms with E-state index in [4.69, 9.17) is 0 Å². The molecule has 1 saturated heterocycles. The number of rotatable bonds is 4. The maximum atomic E-state index is 13.1. The van der Waals surface area contributed by atoms with Crippen LogP contribution < -0.4 is 10.6 Å². The predicted molar refractivity (Wildman–Crippen MR) is 118 cm³/mol. The summed E-state index contributed by atoms with van der Waals surface area (Å²) in [6.45, 7) is 6.66. The third kappa shape index (κ3) is 5.83. The van der Waals surface area contributed by atoms with Gasteiger partial charge in [0.2, 0.25) is 11.8 Å². The van der Waals surface area contributed by atoms with Crippen LogP contribution in [0.3, 0.4) is 0 Å². The first-order valence-electron chi connectivity index (χ1n) is 11.3. The highest BCUT2D eigenvalue weighted by molar-refractivity contribution is 5.98. The molecule has 1 heterocycles. The van der Waals surface area contributed by atoms with Crippen molar-refractivity contribution in [3.63, 3.8) is 0 Å². The first-order chi connectivity index (χ1) is 14.2. The third-order valence-electron chi connectivity index (χ3n) is 6.08.